The van der Waals surface area contributed by atoms with Gasteiger partial charge in [-0.25, -0.2) is 4.98 Å². The molecule has 17 heavy (non-hydrogen) atoms. The summed E-state index contributed by atoms with van der Waals surface area (Å²) in [5, 5.41) is 0.769. The summed E-state index contributed by atoms with van der Waals surface area (Å²) in [4.78, 5) is 4.67. The number of halogens is 1. The highest BCUT2D eigenvalue weighted by molar-refractivity contribution is 7.99. The minimum atomic E-state index is 0.646. The molecular weight excluding hydrogens is 252 g/mol. The highest BCUT2D eigenvalue weighted by atomic mass is 35.5. The molecule has 0 spiro atoms. The van der Waals surface area contributed by atoms with Crippen LogP contribution in [0.2, 0.25) is 5.15 Å². The summed E-state index contributed by atoms with van der Waals surface area (Å²) in [6, 6.07) is 0. The topological polar surface area (TPSA) is 17.8 Å². The zero-order valence-corrected chi connectivity index (χ0v) is 11.9. The summed E-state index contributed by atoms with van der Waals surface area (Å²) in [7, 11) is 0. The number of thioether (sulfide) groups is 1. The quantitative estimate of drug-likeness (QED) is 0.774. The maximum absolute atomic E-state index is 6.29. The second-order valence-corrected chi connectivity index (χ2v) is 6.93. The molecule has 2 nitrogen and oxygen atoms in total. The summed E-state index contributed by atoms with van der Waals surface area (Å²) in [5.74, 6) is 5.24. The molecule has 1 aromatic rings. The van der Waals surface area contributed by atoms with E-state index in [2.05, 4.69) is 28.2 Å². The summed E-state index contributed by atoms with van der Waals surface area (Å²) in [6.45, 7) is 3.45. The van der Waals surface area contributed by atoms with E-state index in [1.54, 1.807) is 0 Å². The van der Waals surface area contributed by atoms with E-state index in [-0.39, 0.29) is 0 Å². The van der Waals surface area contributed by atoms with Crippen LogP contribution in [0.3, 0.4) is 0 Å². The van der Waals surface area contributed by atoms with Gasteiger partial charge in [0.2, 0.25) is 0 Å². The Bertz CT molecular complexity index is 410. The highest BCUT2D eigenvalue weighted by Crippen LogP contribution is 2.35. The van der Waals surface area contributed by atoms with Crippen molar-refractivity contribution in [1.29, 1.82) is 0 Å². The molecule has 94 valence electrons. The van der Waals surface area contributed by atoms with Crippen LogP contribution in [0.4, 0.5) is 0 Å². The van der Waals surface area contributed by atoms with Gasteiger partial charge in [-0.15, -0.1) is 0 Å². The van der Waals surface area contributed by atoms with Crippen molar-refractivity contribution < 1.29 is 0 Å². The molecule has 2 aliphatic heterocycles. The Kier molecular flexibility index (Phi) is 3.40. The molecule has 3 heterocycles. The molecular formula is C13H19ClN2S. The zero-order chi connectivity index (χ0) is 11.8. The van der Waals surface area contributed by atoms with Gasteiger partial charge in [0.25, 0.3) is 0 Å². The smallest absolute Gasteiger partial charge is 0.150 e. The number of hydrogen-bond donors (Lipinski definition) is 0. The fourth-order valence-corrected chi connectivity index (χ4v) is 4.36. The molecule has 0 saturated carbocycles. The molecule has 3 rings (SSSR count). The number of nitrogens with zero attached hydrogens (tertiary/aromatic N) is 2. The summed E-state index contributed by atoms with van der Waals surface area (Å²) >= 11 is 8.36. The lowest BCUT2D eigenvalue weighted by molar-refractivity contribution is 0.380. The van der Waals surface area contributed by atoms with Gasteiger partial charge in [0.15, 0.2) is 5.15 Å². The second-order valence-electron chi connectivity index (χ2n) is 5.35. The molecule has 0 aliphatic carbocycles. The van der Waals surface area contributed by atoms with Gasteiger partial charge in [-0.2, -0.15) is 11.8 Å². The zero-order valence-electron chi connectivity index (χ0n) is 10.3. The predicted molar refractivity (Wildman–Crippen MR) is 74.0 cm³/mol. The van der Waals surface area contributed by atoms with E-state index >= 15 is 0 Å². The van der Waals surface area contributed by atoms with E-state index in [0.717, 1.165) is 24.0 Å². The molecule has 2 aliphatic rings. The Hall–Kier alpha value is -0.150. The van der Waals surface area contributed by atoms with Gasteiger partial charge in [-0.05, 0) is 43.1 Å². The maximum atomic E-state index is 6.29. The Morgan fingerprint density at radius 1 is 1.29 bits per heavy atom. The van der Waals surface area contributed by atoms with Crippen molar-refractivity contribution >= 4 is 23.4 Å². The van der Waals surface area contributed by atoms with Crippen LogP contribution in [0.15, 0.2) is 0 Å². The van der Waals surface area contributed by atoms with Gasteiger partial charge in [0.1, 0.15) is 5.82 Å². The van der Waals surface area contributed by atoms with Crippen LogP contribution < -0.4 is 0 Å². The molecule has 1 unspecified atom stereocenters. The lowest BCUT2D eigenvalue weighted by Gasteiger charge is -2.26. The van der Waals surface area contributed by atoms with Crippen molar-refractivity contribution in [2.24, 2.45) is 5.92 Å². The van der Waals surface area contributed by atoms with Crippen LogP contribution >= 0.6 is 23.4 Å². The van der Waals surface area contributed by atoms with Gasteiger partial charge in [0, 0.05) is 12.5 Å². The fraction of sp³-hybridized carbons (Fsp3) is 0.769. The van der Waals surface area contributed by atoms with Gasteiger partial charge >= 0.3 is 0 Å². The Balaban J connectivity index is 1.93. The first-order chi connectivity index (χ1) is 8.25. The maximum Gasteiger partial charge on any atom is 0.150 e. The standard InChI is InChI=1S/C13H19ClN2S/c1-9-2-3-11-12(14)15-13(16(11)8-9)10-4-6-17-7-5-10/h9-10H,2-8H2,1H3. The van der Waals surface area contributed by atoms with Gasteiger partial charge in [0.05, 0.1) is 5.69 Å². The molecule has 0 N–H and O–H groups in total. The lowest BCUT2D eigenvalue weighted by atomic mass is 9.98. The van der Waals surface area contributed by atoms with Crippen molar-refractivity contribution in [3.63, 3.8) is 0 Å². The van der Waals surface area contributed by atoms with E-state index < -0.39 is 0 Å². The van der Waals surface area contributed by atoms with E-state index in [0.29, 0.717) is 5.92 Å². The summed E-state index contributed by atoms with van der Waals surface area (Å²) in [5.41, 5.74) is 1.29. The number of rotatable bonds is 1. The van der Waals surface area contributed by atoms with Gasteiger partial charge in [-0.1, -0.05) is 18.5 Å². The Morgan fingerprint density at radius 3 is 2.82 bits per heavy atom. The number of fused-ring (bicyclic) bond motifs is 1. The molecule has 1 saturated heterocycles. The first kappa shape index (κ1) is 11.9. The van der Waals surface area contributed by atoms with Crippen molar-refractivity contribution in [2.75, 3.05) is 11.5 Å². The lowest BCUT2D eigenvalue weighted by Crippen LogP contribution is -2.22. The SMILES string of the molecule is CC1CCc2c(Cl)nc(C3CCSCC3)n2C1. The number of imidazole rings is 1. The van der Waals surface area contributed by atoms with Crippen LogP contribution in [0.5, 0.6) is 0 Å². The van der Waals surface area contributed by atoms with Crippen molar-refractivity contribution in [2.45, 2.75) is 45.1 Å². The van der Waals surface area contributed by atoms with Crippen LogP contribution in [-0.2, 0) is 13.0 Å². The molecule has 0 amide bonds. The normalized spacial score (nSPS) is 25.9. The van der Waals surface area contributed by atoms with Crippen LogP contribution in [0.25, 0.3) is 0 Å². The minimum Gasteiger partial charge on any atom is -0.330 e. The van der Waals surface area contributed by atoms with Crippen LogP contribution in [-0.4, -0.2) is 21.1 Å². The molecule has 4 heteroatoms. The van der Waals surface area contributed by atoms with E-state index in [9.17, 15) is 0 Å². The molecule has 1 atom stereocenters. The molecule has 0 radical (unpaired) electrons. The average molecular weight is 271 g/mol. The molecule has 1 fully saturated rings. The van der Waals surface area contributed by atoms with Crippen molar-refractivity contribution in [3.8, 4) is 0 Å². The van der Waals surface area contributed by atoms with Crippen LogP contribution in [0, 0.1) is 5.92 Å². The van der Waals surface area contributed by atoms with Gasteiger partial charge in [-0.3, -0.25) is 0 Å². The third-order valence-electron chi connectivity index (χ3n) is 4.01. The first-order valence-electron chi connectivity index (χ1n) is 6.58. The Morgan fingerprint density at radius 2 is 2.06 bits per heavy atom. The number of aromatic nitrogens is 2. The van der Waals surface area contributed by atoms with E-state index in [4.69, 9.17) is 11.6 Å². The highest BCUT2D eigenvalue weighted by Gasteiger charge is 2.27. The van der Waals surface area contributed by atoms with Gasteiger partial charge < -0.3 is 4.57 Å². The third-order valence-corrected chi connectivity index (χ3v) is 5.36. The second kappa shape index (κ2) is 4.85. The predicted octanol–water partition coefficient (Wildman–Crippen LogP) is 3.73. The Labute approximate surface area is 112 Å². The van der Waals surface area contributed by atoms with Crippen molar-refractivity contribution in [1.82, 2.24) is 9.55 Å². The molecule has 1 aromatic heterocycles. The molecule has 0 bridgehead atoms. The van der Waals surface area contributed by atoms with Crippen molar-refractivity contribution in [3.05, 3.63) is 16.7 Å². The first-order valence-corrected chi connectivity index (χ1v) is 8.11. The molecule has 0 aromatic carbocycles. The monoisotopic (exact) mass is 270 g/mol. The van der Waals surface area contributed by atoms with E-state index in [1.807, 2.05) is 0 Å². The average Bonchev–Trinajstić information content (AvgIpc) is 2.67. The summed E-state index contributed by atoms with van der Waals surface area (Å²) in [6.07, 6.45) is 4.90. The largest absolute Gasteiger partial charge is 0.330 e. The van der Waals surface area contributed by atoms with Crippen LogP contribution in [0.1, 0.15) is 43.6 Å². The van der Waals surface area contributed by atoms with E-state index in [1.165, 1.54) is 42.3 Å². The summed E-state index contributed by atoms with van der Waals surface area (Å²) < 4.78 is 2.43. The third kappa shape index (κ3) is 2.24. The number of hydrogen-bond acceptors (Lipinski definition) is 2. The minimum absolute atomic E-state index is 0.646. The fourth-order valence-electron chi connectivity index (χ4n) is 2.97.